The van der Waals surface area contributed by atoms with E-state index < -0.39 is 32.3 Å². The molecule has 0 atom stereocenters. The third kappa shape index (κ3) is 3.00. The molecule has 0 aliphatic carbocycles. The number of carbonyl (C=O) groups is 1. The molecule has 104 valence electrons. The molecule has 0 bridgehead atoms. The van der Waals surface area contributed by atoms with Gasteiger partial charge in [0.2, 0.25) is 0 Å². The molecule has 0 fully saturated rings. The van der Waals surface area contributed by atoms with Crippen LogP contribution in [0.5, 0.6) is 0 Å². The summed E-state index contributed by atoms with van der Waals surface area (Å²) in [7, 11) is -3.92. The molecule has 0 spiro atoms. The summed E-state index contributed by atoms with van der Waals surface area (Å²) in [5, 5.41) is 8.80. The summed E-state index contributed by atoms with van der Waals surface area (Å²) in [4.78, 5) is 14.1. The fourth-order valence-electron chi connectivity index (χ4n) is 1.65. The quantitative estimate of drug-likeness (QED) is 0.931. The Morgan fingerprint density at radius 1 is 1.15 bits per heavy atom. The van der Waals surface area contributed by atoms with Crippen LogP contribution in [0.2, 0.25) is 0 Å². The van der Waals surface area contributed by atoms with Crippen LogP contribution in [0.25, 0.3) is 0 Å². The van der Waals surface area contributed by atoms with Gasteiger partial charge in [-0.3, -0.25) is 0 Å². The fourth-order valence-corrected chi connectivity index (χ4v) is 3.01. The monoisotopic (exact) mass is 295 g/mol. The number of hydrogen-bond donors (Lipinski definition) is 1. The second kappa shape index (κ2) is 5.38. The number of nitrogens with zero attached hydrogens (tertiary/aromatic N) is 1. The van der Waals surface area contributed by atoms with E-state index >= 15 is 0 Å². The van der Waals surface area contributed by atoms with Crippen LogP contribution in [-0.4, -0.2) is 24.5 Å². The number of rotatable bonds is 4. The van der Waals surface area contributed by atoms with E-state index in [1.165, 1.54) is 30.3 Å². The first-order valence-corrected chi connectivity index (χ1v) is 7.22. The number of benzene rings is 1. The van der Waals surface area contributed by atoms with Crippen molar-refractivity contribution in [1.29, 1.82) is 0 Å². The lowest BCUT2D eigenvalue weighted by Gasteiger charge is -2.05. The van der Waals surface area contributed by atoms with E-state index in [0.717, 1.165) is 12.1 Å². The van der Waals surface area contributed by atoms with Crippen molar-refractivity contribution in [2.45, 2.75) is 10.6 Å². The van der Waals surface area contributed by atoms with E-state index in [-0.39, 0.29) is 11.4 Å². The van der Waals surface area contributed by atoms with Crippen LogP contribution in [-0.2, 0) is 15.6 Å². The summed E-state index contributed by atoms with van der Waals surface area (Å²) in [5.74, 6) is -2.66. The number of aromatic carboxylic acids is 1. The largest absolute Gasteiger partial charge is 0.477 e. The van der Waals surface area contributed by atoms with Gasteiger partial charge in [0.1, 0.15) is 16.4 Å². The van der Waals surface area contributed by atoms with Crippen molar-refractivity contribution in [3.63, 3.8) is 0 Å². The highest BCUT2D eigenvalue weighted by atomic mass is 32.2. The van der Waals surface area contributed by atoms with Crippen LogP contribution in [0.1, 0.15) is 16.2 Å². The molecule has 1 aromatic carbocycles. The Labute approximate surface area is 114 Å². The summed E-state index contributed by atoms with van der Waals surface area (Å²) in [5.41, 5.74) is -0.209. The topological polar surface area (TPSA) is 84.3 Å². The van der Waals surface area contributed by atoms with Crippen molar-refractivity contribution in [3.05, 3.63) is 59.7 Å². The molecule has 0 amide bonds. The first kappa shape index (κ1) is 14.1. The van der Waals surface area contributed by atoms with Gasteiger partial charge in [0.15, 0.2) is 9.84 Å². The van der Waals surface area contributed by atoms with Crippen molar-refractivity contribution in [3.8, 4) is 0 Å². The third-order valence-corrected chi connectivity index (χ3v) is 4.21. The molecule has 20 heavy (non-hydrogen) atoms. The van der Waals surface area contributed by atoms with E-state index in [9.17, 15) is 17.6 Å². The van der Waals surface area contributed by atoms with Crippen molar-refractivity contribution >= 4 is 15.8 Å². The van der Waals surface area contributed by atoms with Crippen molar-refractivity contribution in [1.82, 2.24) is 4.98 Å². The summed E-state index contributed by atoms with van der Waals surface area (Å²) in [6.45, 7) is 0. The van der Waals surface area contributed by atoms with Crippen LogP contribution >= 0.6 is 0 Å². The van der Waals surface area contributed by atoms with Gasteiger partial charge in [-0.25, -0.2) is 22.6 Å². The average molecular weight is 295 g/mol. The Hall–Kier alpha value is -2.28. The third-order valence-electron chi connectivity index (χ3n) is 2.54. The van der Waals surface area contributed by atoms with Gasteiger partial charge in [-0.2, -0.15) is 0 Å². The number of pyridine rings is 1. The lowest BCUT2D eigenvalue weighted by atomic mass is 10.3. The minimum atomic E-state index is -3.92. The Balaban J connectivity index is 2.36. The van der Waals surface area contributed by atoms with E-state index in [4.69, 9.17) is 5.11 Å². The van der Waals surface area contributed by atoms with Crippen LogP contribution in [0.3, 0.4) is 0 Å². The van der Waals surface area contributed by atoms with E-state index in [1.54, 1.807) is 0 Å². The molecule has 7 heteroatoms. The van der Waals surface area contributed by atoms with Crippen molar-refractivity contribution < 1.29 is 22.7 Å². The van der Waals surface area contributed by atoms with Crippen molar-refractivity contribution in [2.75, 3.05) is 0 Å². The smallest absolute Gasteiger partial charge is 0.354 e. The van der Waals surface area contributed by atoms with Gasteiger partial charge in [-0.15, -0.1) is 0 Å². The van der Waals surface area contributed by atoms with Gasteiger partial charge in [0.05, 0.1) is 11.4 Å². The Morgan fingerprint density at radius 2 is 1.85 bits per heavy atom. The Kier molecular flexibility index (Phi) is 3.80. The highest BCUT2D eigenvalue weighted by Crippen LogP contribution is 2.18. The standard InChI is InChI=1S/C13H10FNO4S/c14-10-5-1-2-7-12(10)20(18,19)8-9-4-3-6-11(15-9)13(16)17/h1-7H,8H2,(H,16,17). The Morgan fingerprint density at radius 3 is 2.50 bits per heavy atom. The van der Waals surface area contributed by atoms with Crippen LogP contribution < -0.4 is 0 Å². The molecule has 1 N–H and O–H groups in total. The molecule has 0 aliphatic rings. The van der Waals surface area contributed by atoms with Crippen LogP contribution in [0.4, 0.5) is 4.39 Å². The maximum absolute atomic E-state index is 13.5. The summed E-state index contributed by atoms with van der Waals surface area (Å²) < 4.78 is 37.7. The maximum atomic E-state index is 13.5. The normalized spacial score (nSPS) is 11.2. The molecule has 1 aromatic heterocycles. The molecule has 0 aliphatic heterocycles. The minimum Gasteiger partial charge on any atom is -0.477 e. The molecule has 0 saturated carbocycles. The van der Waals surface area contributed by atoms with E-state index in [1.807, 2.05) is 0 Å². The van der Waals surface area contributed by atoms with Crippen molar-refractivity contribution in [2.24, 2.45) is 0 Å². The van der Waals surface area contributed by atoms with E-state index in [2.05, 4.69) is 4.98 Å². The zero-order chi connectivity index (χ0) is 14.8. The molecule has 2 rings (SSSR count). The predicted molar refractivity (Wildman–Crippen MR) is 68.5 cm³/mol. The highest BCUT2D eigenvalue weighted by molar-refractivity contribution is 7.90. The molecule has 0 unspecified atom stereocenters. The first-order chi connectivity index (χ1) is 9.40. The number of sulfone groups is 1. The molecule has 1 heterocycles. The van der Waals surface area contributed by atoms with Gasteiger partial charge in [0, 0.05) is 0 Å². The maximum Gasteiger partial charge on any atom is 0.354 e. The summed E-state index contributed by atoms with van der Waals surface area (Å²) in [6, 6.07) is 9.03. The molecule has 2 aromatic rings. The molecular formula is C13H10FNO4S. The van der Waals surface area contributed by atoms with Gasteiger partial charge in [-0.1, -0.05) is 18.2 Å². The highest BCUT2D eigenvalue weighted by Gasteiger charge is 2.20. The summed E-state index contributed by atoms with van der Waals surface area (Å²) >= 11 is 0. The average Bonchev–Trinajstić information content (AvgIpc) is 2.38. The first-order valence-electron chi connectivity index (χ1n) is 5.56. The minimum absolute atomic E-state index is 0.0492. The van der Waals surface area contributed by atoms with E-state index in [0.29, 0.717) is 0 Å². The zero-order valence-electron chi connectivity index (χ0n) is 10.2. The molecule has 0 radical (unpaired) electrons. The Bertz CT molecular complexity index is 758. The predicted octanol–water partition coefficient (Wildman–Crippen LogP) is 1.89. The number of halogens is 1. The number of carboxylic acid groups (broad SMARTS) is 1. The second-order valence-corrected chi connectivity index (χ2v) is 5.97. The fraction of sp³-hybridized carbons (Fsp3) is 0.0769. The molecule has 0 saturated heterocycles. The van der Waals surface area contributed by atoms with Gasteiger partial charge < -0.3 is 5.11 Å². The zero-order valence-corrected chi connectivity index (χ0v) is 11.0. The van der Waals surface area contributed by atoms with Gasteiger partial charge >= 0.3 is 5.97 Å². The molecule has 5 nitrogen and oxygen atoms in total. The number of aromatic nitrogens is 1. The SMILES string of the molecule is O=C(O)c1cccc(CS(=O)(=O)c2ccccc2F)n1. The van der Waals surface area contributed by atoms with Crippen LogP contribution in [0, 0.1) is 5.82 Å². The lowest BCUT2D eigenvalue weighted by Crippen LogP contribution is -2.10. The van der Waals surface area contributed by atoms with Gasteiger partial charge in [-0.05, 0) is 24.3 Å². The summed E-state index contributed by atoms with van der Waals surface area (Å²) in [6.07, 6.45) is 0. The van der Waals surface area contributed by atoms with Crippen LogP contribution in [0.15, 0.2) is 47.4 Å². The lowest BCUT2D eigenvalue weighted by molar-refractivity contribution is 0.0690. The second-order valence-electron chi connectivity index (χ2n) is 4.01. The number of hydrogen-bond acceptors (Lipinski definition) is 4. The van der Waals surface area contributed by atoms with Gasteiger partial charge in [0.25, 0.3) is 0 Å². The molecular weight excluding hydrogens is 285 g/mol. The number of carboxylic acids is 1.